The van der Waals surface area contributed by atoms with Gasteiger partial charge in [-0.05, 0) is 38.2 Å². The molecule has 4 nitrogen and oxygen atoms in total. The molecule has 0 aliphatic heterocycles. The van der Waals surface area contributed by atoms with Crippen molar-refractivity contribution in [2.45, 2.75) is 25.8 Å². The van der Waals surface area contributed by atoms with Crippen LogP contribution in [0.5, 0.6) is 0 Å². The van der Waals surface area contributed by atoms with Crippen molar-refractivity contribution < 1.29 is 23.4 Å². The van der Waals surface area contributed by atoms with E-state index in [1.807, 2.05) is 0 Å². The lowest BCUT2D eigenvalue weighted by Gasteiger charge is -2.13. The minimum absolute atomic E-state index is 0.0673. The molecular weight excluding hydrogens is 335 g/mol. The van der Waals surface area contributed by atoms with Crippen LogP contribution in [0.15, 0.2) is 22.7 Å². The van der Waals surface area contributed by atoms with Crippen molar-refractivity contribution in [3.8, 4) is 0 Å². The standard InChI is InChI=1S/C16H16BF2NO3S/c1-3-23-16(22)13(15(24-2)20-8-4-5-8)14(21)9-6-12(19)10(17)7-11(9)18/h6-8,21H,3-5H2,1-2H3. The number of hydrogen-bond donors (Lipinski definition) is 1. The van der Waals surface area contributed by atoms with Gasteiger partial charge >= 0.3 is 5.97 Å². The quantitative estimate of drug-likeness (QED) is 0.221. The van der Waals surface area contributed by atoms with Crippen LogP contribution in [0.25, 0.3) is 5.76 Å². The van der Waals surface area contributed by atoms with E-state index in [2.05, 4.69) is 4.99 Å². The number of hydrogen-bond acceptors (Lipinski definition) is 5. The molecule has 24 heavy (non-hydrogen) atoms. The molecule has 1 aliphatic carbocycles. The van der Waals surface area contributed by atoms with Crippen molar-refractivity contribution >= 4 is 41.8 Å². The zero-order chi connectivity index (χ0) is 17.9. The first-order valence-corrected chi connectivity index (χ1v) is 8.58. The van der Waals surface area contributed by atoms with Crippen molar-refractivity contribution in [1.29, 1.82) is 0 Å². The van der Waals surface area contributed by atoms with Crippen molar-refractivity contribution in [3.05, 3.63) is 34.9 Å². The van der Waals surface area contributed by atoms with Gasteiger partial charge in [-0.2, -0.15) is 0 Å². The Morgan fingerprint density at radius 1 is 1.42 bits per heavy atom. The Morgan fingerprint density at radius 2 is 2.08 bits per heavy atom. The Morgan fingerprint density at radius 3 is 2.62 bits per heavy atom. The van der Waals surface area contributed by atoms with E-state index in [0.29, 0.717) is 0 Å². The first-order chi connectivity index (χ1) is 11.4. The first-order valence-electron chi connectivity index (χ1n) is 7.36. The lowest BCUT2D eigenvalue weighted by molar-refractivity contribution is -0.137. The Balaban J connectivity index is 2.60. The summed E-state index contributed by atoms with van der Waals surface area (Å²) in [6.07, 6.45) is 3.44. The van der Waals surface area contributed by atoms with Gasteiger partial charge in [0, 0.05) is 0 Å². The van der Waals surface area contributed by atoms with E-state index < -0.39 is 34.4 Å². The van der Waals surface area contributed by atoms with Crippen LogP contribution in [0.4, 0.5) is 8.78 Å². The number of rotatable bonds is 5. The lowest BCUT2D eigenvalue weighted by Crippen LogP contribution is -2.18. The molecule has 1 aromatic carbocycles. The van der Waals surface area contributed by atoms with Crippen molar-refractivity contribution in [2.24, 2.45) is 4.99 Å². The maximum atomic E-state index is 14.1. The topological polar surface area (TPSA) is 58.9 Å². The number of halogens is 2. The van der Waals surface area contributed by atoms with Gasteiger partial charge in [0.25, 0.3) is 0 Å². The largest absolute Gasteiger partial charge is 0.506 e. The number of carbonyl (C=O) groups is 1. The van der Waals surface area contributed by atoms with Gasteiger partial charge in [-0.1, -0.05) is 5.46 Å². The van der Waals surface area contributed by atoms with Crippen molar-refractivity contribution in [2.75, 3.05) is 12.9 Å². The smallest absolute Gasteiger partial charge is 0.344 e. The summed E-state index contributed by atoms with van der Waals surface area (Å²) in [6, 6.07) is 1.56. The van der Waals surface area contributed by atoms with Crippen LogP contribution in [-0.2, 0) is 9.53 Å². The fourth-order valence-electron chi connectivity index (χ4n) is 1.96. The van der Waals surface area contributed by atoms with E-state index in [1.54, 1.807) is 13.2 Å². The van der Waals surface area contributed by atoms with E-state index in [4.69, 9.17) is 12.6 Å². The average Bonchev–Trinajstić information content (AvgIpc) is 3.34. The molecule has 2 rings (SSSR count). The van der Waals surface area contributed by atoms with Gasteiger partial charge in [-0.15, -0.1) is 11.8 Å². The molecule has 1 saturated carbocycles. The van der Waals surface area contributed by atoms with E-state index in [1.165, 1.54) is 0 Å². The predicted octanol–water partition coefficient (Wildman–Crippen LogP) is 2.51. The van der Waals surface area contributed by atoms with Crippen LogP contribution in [0.3, 0.4) is 0 Å². The minimum Gasteiger partial charge on any atom is -0.506 e. The van der Waals surface area contributed by atoms with Crippen molar-refractivity contribution in [1.82, 2.24) is 0 Å². The van der Waals surface area contributed by atoms with Gasteiger partial charge in [0.1, 0.15) is 35.9 Å². The molecule has 0 atom stereocenters. The maximum Gasteiger partial charge on any atom is 0.344 e. The van der Waals surface area contributed by atoms with Crippen LogP contribution in [0, 0.1) is 11.6 Å². The third-order valence-electron chi connectivity index (χ3n) is 3.31. The van der Waals surface area contributed by atoms with Gasteiger partial charge in [0.2, 0.25) is 0 Å². The summed E-state index contributed by atoms with van der Waals surface area (Å²) >= 11 is 1.13. The summed E-state index contributed by atoms with van der Waals surface area (Å²) in [5, 5.41) is 10.7. The number of esters is 1. The van der Waals surface area contributed by atoms with E-state index in [9.17, 15) is 18.7 Å². The SMILES string of the molecule is [B]c1cc(F)c(C(O)=C(C(=O)OCC)C(=NC2CC2)SC)cc1F. The predicted molar refractivity (Wildman–Crippen MR) is 91.9 cm³/mol. The molecule has 0 heterocycles. The highest BCUT2D eigenvalue weighted by molar-refractivity contribution is 8.14. The second-order valence-corrected chi connectivity index (χ2v) is 5.96. The molecule has 0 aromatic heterocycles. The molecule has 1 aromatic rings. The Bertz CT molecular complexity index is 718. The highest BCUT2D eigenvalue weighted by atomic mass is 32.2. The van der Waals surface area contributed by atoms with E-state index in [0.717, 1.165) is 36.7 Å². The lowest BCUT2D eigenvalue weighted by atomic mass is 9.93. The molecule has 126 valence electrons. The van der Waals surface area contributed by atoms with E-state index >= 15 is 0 Å². The average molecular weight is 351 g/mol. The second kappa shape index (κ2) is 7.83. The summed E-state index contributed by atoms with van der Waals surface area (Å²) in [5.41, 5.74) is -1.14. The number of carbonyl (C=O) groups excluding carboxylic acids is 1. The molecule has 0 unspecified atom stereocenters. The van der Waals surface area contributed by atoms with Gasteiger partial charge in [0.05, 0.1) is 18.2 Å². The molecule has 2 radical (unpaired) electrons. The number of aliphatic imine (C=N–C) groups is 1. The third kappa shape index (κ3) is 4.17. The van der Waals surface area contributed by atoms with Crippen LogP contribution in [-0.4, -0.2) is 42.9 Å². The molecule has 1 aliphatic rings. The summed E-state index contributed by atoms with van der Waals surface area (Å²) in [5.74, 6) is -3.41. The van der Waals surface area contributed by atoms with Crippen LogP contribution in [0.1, 0.15) is 25.3 Å². The van der Waals surface area contributed by atoms with Crippen LogP contribution in [0.2, 0.25) is 0 Å². The van der Waals surface area contributed by atoms with Crippen LogP contribution < -0.4 is 5.46 Å². The molecule has 0 bridgehead atoms. The fraction of sp³-hybridized carbons (Fsp3) is 0.375. The Kier molecular flexibility index (Phi) is 6.04. The minimum atomic E-state index is -0.944. The number of thioether (sulfide) groups is 1. The number of benzene rings is 1. The monoisotopic (exact) mass is 351 g/mol. The number of aliphatic hydroxyl groups excluding tert-OH is 1. The summed E-state index contributed by atoms with van der Waals surface area (Å²) in [4.78, 5) is 16.6. The number of aliphatic hydroxyl groups is 1. The van der Waals surface area contributed by atoms with Crippen molar-refractivity contribution in [3.63, 3.8) is 0 Å². The third-order valence-corrected chi connectivity index (χ3v) is 4.01. The molecule has 1 fully saturated rings. The van der Waals surface area contributed by atoms with Gasteiger partial charge in [-0.3, -0.25) is 4.99 Å². The second-order valence-electron chi connectivity index (χ2n) is 5.17. The molecule has 0 amide bonds. The highest BCUT2D eigenvalue weighted by Gasteiger charge is 2.28. The molecular formula is C16H16BF2NO3S. The maximum absolute atomic E-state index is 14.1. The zero-order valence-electron chi connectivity index (χ0n) is 13.3. The normalized spacial score (nSPS) is 15.9. The van der Waals surface area contributed by atoms with Gasteiger partial charge in [-0.25, -0.2) is 13.6 Å². The molecule has 8 heteroatoms. The Labute approximate surface area is 144 Å². The van der Waals surface area contributed by atoms with Gasteiger partial charge < -0.3 is 9.84 Å². The van der Waals surface area contributed by atoms with Gasteiger partial charge in [0.15, 0.2) is 0 Å². The molecule has 0 saturated heterocycles. The first kappa shape index (κ1) is 18.5. The summed E-state index contributed by atoms with van der Waals surface area (Å²) in [6.45, 7) is 1.67. The van der Waals surface area contributed by atoms with E-state index in [-0.39, 0.29) is 23.3 Å². The van der Waals surface area contributed by atoms with Crippen LogP contribution >= 0.6 is 11.8 Å². The summed E-state index contributed by atoms with van der Waals surface area (Å²) < 4.78 is 32.7. The Hall–Kier alpha value is -1.83. The number of nitrogens with zero attached hydrogens (tertiary/aromatic N) is 1. The molecule has 1 N–H and O–H groups in total. The summed E-state index contributed by atoms with van der Waals surface area (Å²) in [7, 11) is 5.30. The zero-order valence-corrected chi connectivity index (χ0v) is 14.1. The fourth-order valence-corrected chi connectivity index (χ4v) is 2.59. The number of ether oxygens (including phenoxy) is 1. The highest BCUT2D eigenvalue weighted by Crippen LogP contribution is 2.29. The molecule has 0 spiro atoms.